The third kappa shape index (κ3) is 2.54. The highest BCUT2D eigenvalue weighted by Gasteiger charge is 2.09. The molecule has 0 saturated heterocycles. The lowest BCUT2D eigenvalue weighted by molar-refractivity contribution is 0.847. The van der Waals surface area contributed by atoms with Crippen LogP contribution in [0.3, 0.4) is 0 Å². The Morgan fingerprint density at radius 3 is 2.67 bits per heavy atom. The Morgan fingerprint density at radius 1 is 0.958 bits per heavy atom. The maximum Gasteiger partial charge on any atom is 0.204 e. The number of imidazole rings is 1. The number of benzene rings is 3. The Kier molecular flexibility index (Phi) is 3.75. The van der Waals surface area contributed by atoms with E-state index in [1.807, 2.05) is 24.3 Å². The highest BCUT2D eigenvalue weighted by atomic mass is 15.2. The molecule has 0 unspecified atom stereocenters. The second-order valence-corrected chi connectivity index (χ2v) is 5.82. The van der Waals surface area contributed by atoms with Gasteiger partial charge in [-0.1, -0.05) is 60.7 Å². The van der Waals surface area contributed by atoms with E-state index in [-0.39, 0.29) is 0 Å². The Bertz CT molecular complexity index is 1010. The molecule has 3 nitrogen and oxygen atoms in total. The van der Waals surface area contributed by atoms with Gasteiger partial charge in [0, 0.05) is 13.1 Å². The summed E-state index contributed by atoms with van der Waals surface area (Å²) in [6.45, 7) is 5.34. The molecular formula is C21H19N3. The molecule has 3 heteroatoms. The van der Waals surface area contributed by atoms with Crippen LogP contribution in [0.1, 0.15) is 5.56 Å². The fourth-order valence-corrected chi connectivity index (χ4v) is 3.15. The number of nitrogens with zero attached hydrogens (tertiary/aromatic N) is 2. The summed E-state index contributed by atoms with van der Waals surface area (Å²) in [5, 5.41) is 6.04. The molecule has 0 radical (unpaired) electrons. The second kappa shape index (κ2) is 6.20. The Balaban J connectivity index is 1.69. The van der Waals surface area contributed by atoms with Crippen LogP contribution in [0.2, 0.25) is 0 Å². The first-order chi connectivity index (χ1) is 11.9. The van der Waals surface area contributed by atoms with Crippen molar-refractivity contribution in [1.82, 2.24) is 9.55 Å². The molecule has 4 aromatic rings. The summed E-state index contributed by atoms with van der Waals surface area (Å²) in [6.07, 6.45) is 1.90. The monoisotopic (exact) mass is 313 g/mol. The van der Waals surface area contributed by atoms with E-state index in [0.717, 1.165) is 30.1 Å². The van der Waals surface area contributed by atoms with Gasteiger partial charge >= 0.3 is 0 Å². The average Bonchev–Trinajstić information content (AvgIpc) is 2.98. The number of hydrogen-bond donors (Lipinski definition) is 1. The summed E-state index contributed by atoms with van der Waals surface area (Å²) >= 11 is 0. The van der Waals surface area contributed by atoms with Gasteiger partial charge in [0.2, 0.25) is 5.95 Å². The van der Waals surface area contributed by atoms with Gasteiger partial charge in [-0.05, 0) is 28.5 Å². The Morgan fingerprint density at radius 2 is 1.75 bits per heavy atom. The number of nitrogens with one attached hydrogen (secondary N) is 1. The molecule has 1 aromatic heterocycles. The van der Waals surface area contributed by atoms with Crippen molar-refractivity contribution in [2.45, 2.75) is 13.1 Å². The smallest absolute Gasteiger partial charge is 0.204 e. The minimum Gasteiger partial charge on any atom is -0.352 e. The van der Waals surface area contributed by atoms with Gasteiger partial charge in [-0.3, -0.25) is 0 Å². The fraction of sp³-hybridized carbons (Fsp3) is 0.0952. The first kappa shape index (κ1) is 14.5. The summed E-state index contributed by atoms with van der Waals surface area (Å²) in [6, 6.07) is 23.1. The molecule has 0 saturated carbocycles. The first-order valence-electron chi connectivity index (χ1n) is 8.13. The molecule has 0 spiro atoms. The van der Waals surface area contributed by atoms with Crippen LogP contribution in [0.4, 0.5) is 5.95 Å². The van der Waals surface area contributed by atoms with E-state index in [1.54, 1.807) is 0 Å². The van der Waals surface area contributed by atoms with E-state index in [1.165, 1.54) is 16.3 Å². The molecule has 0 aliphatic carbocycles. The maximum atomic E-state index is 4.73. The van der Waals surface area contributed by atoms with Crippen LogP contribution in [0.25, 0.3) is 21.8 Å². The molecule has 0 fully saturated rings. The molecule has 0 bridgehead atoms. The third-order valence-electron chi connectivity index (χ3n) is 4.28. The summed E-state index contributed by atoms with van der Waals surface area (Å²) in [5.41, 5.74) is 3.39. The third-order valence-corrected chi connectivity index (χ3v) is 4.28. The molecule has 0 amide bonds. The van der Waals surface area contributed by atoms with Crippen molar-refractivity contribution >= 4 is 27.8 Å². The normalized spacial score (nSPS) is 11.0. The highest BCUT2D eigenvalue weighted by Crippen LogP contribution is 2.22. The van der Waals surface area contributed by atoms with Crippen molar-refractivity contribution in [3.05, 3.63) is 84.9 Å². The number of hydrogen-bond acceptors (Lipinski definition) is 2. The molecule has 1 heterocycles. The number of rotatable bonds is 5. The molecule has 0 aliphatic heterocycles. The number of para-hydroxylation sites is 2. The van der Waals surface area contributed by atoms with E-state index in [2.05, 4.69) is 65.0 Å². The average molecular weight is 313 g/mol. The number of allylic oxidation sites excluding steroid dienone is 1. The molecule has 118 valence electrons. The van der Waals surface area contributed by atoms with Crippen molar-refractivity contribution < 1.29 is 0 Å². The number of fused-ring (bicyclic) bond motifs is 2. The lowest BCUT2D eigenvalue weighted by atomic mass is 10.0. The van der Waals surface area contributed by atoms with Crippen LogP contribution in [-0.4, -0.2) is 9.55 Å². The minimum absolute atomic E-state index is 0.735. The van der Waals surface area contributed by atoms with Gasteiger partial charge in [0.1, 0.15) is 0 Å². The van der Waals surface area contributed by atoms with Gasteiger partial charge in [0.25, 0.3) is 0 Å². The molecule has 3 aromatic carbocycles. The lowest BCUT2D eigenvalue weighted by Crippen LogP contribution is -2.07. The van der Waals surface area contributed by atoms with Crippen LogP contribution in [0.15, 0.2) is 79.4 Å². The summed E-state index contributed by atoms with van der Waals surface area (Å²) in [7, 11) is 0. The highest BCUT2D eigenvalue weighted by molar-refractivity contribution is 5.86. The van der Waals surface area contributed by atoms with E-state index in [4.69, 9.17) is 4.98 Å². The predicted octanol–water partition coefficient (Wildman–Crippen LogP) is 4.99. The second-order valence-electron chi connectivity index (χ2n) is 5.82. The molecule has 0 atom stereocenters. The van der Waals surface area contributed by atoms with Gasteiger partial charge in [0.15, 0.2) is 0 Å². The number of aromatic nitrogens is 2. The fourth-order valence-electron chi connectivity index (χ4n) is 3.15. The van der Waals surface area contributed by atoms with Gasteiger partial charge in [-0.15, -0.1) is 6.58 Å². The lowest BCUT2D eigenvalue weighted by Gasteiger charge is -2.11. The quantitative estimate of drug-likeness (QED) is 0.526. The zero-order chi connectivity index (χ0) is 16.4. The molecule has 1 N–H and O–H groups in total. The van der Waals surface area contributed by atoms with Crippen LogP contribution in [0.5, 0.6) is 0 Å². The summed E-state index contributed by atoms with van der Waals surface area (Å²) in [4.78, 5) is 4.73. The van der Waals surface area contributed by atoms with Crippen LogP contribution in [-0.2, 0) is 13.1 Å². The van der Waals surface area contributed by atoms with Crippen molar-refractivity contribution in [3.8, 4) is 0 Å². The van der Waals surface area contributed by atoms with Gasteiger partial charge in [0.05, 0.1) is 11.0 Å². The Hall–Kier alpha value is -3.07. The maximum absolute atomic E-state index is 4.73. The van der Waals surface area contributed by atoms with Crippen molar-refractivity contribution in [2.75, 3.05) is 5.32 Å². The standard InChI is InChI=1S/C21H19N3/c1-2-14-24-20-13-6-5-12-19(20)23-21(24)22-15-17-10-7-9-16-8-3-4-11-18(16)17/h2-13H,1,14-15H2,(H,22,23). The van der Waals surface area contributed by atoms with Crippen LogP contribution in [0, 0.1) is 0 Å². The summed E-state index contributed by atoms with van der Waals surface area (Å²) < 4.78 is 2.16. The van der Waals surface area contributed by atoms with Crippen molar-refractivity contribution in [1.29, 1.82) is 0 Å². The van der Waals surface area contributed by atoms with Gasteiger partial charge in [-0.2, -0.15) is 0 Å². The first-order valence-corrected chi connectivity index (χ1v) is 8.13. The predicted molar refractivity (Wildman–Crippen MR) is 101 cm³/mol. The van der Waals surface area contributed by atoms with Crippen molar-refractivity contribution in [3.63, 3.8) is 0 Å². The van der Waals surface area contributed by atoms with Gasteiger partial charge < -0.3 is 9.88 Å². The minimum atomic E-state index is 0.735. The molecule has 4 rings (SSSR count). The Labute approximate surface area is 141 Å². The van der Waals surface area contributed by atoms with Crippen molar-refractivity contribution in [2.24, 2.45) is 0 Å². The number of anilines is 1. The van der Waals surface area contributed by atoms with E-state index >= 15 is 0 Å². The largest absolute Gasteiger partial charge is 0.352 e. The molecule has 0 aliphatic rings. The van der Waals surface area contributed by atoms with E-state index in [0.29, 0.717) is 0 Å². The zero-order valence-corrected chi connectivity index (χ0v) is 13.4. The SMILES string of the molecule is C=CCn1c(NCc2cccc3ccccc23)nc2ccccc21. The van der Waals surface area contributed by atoms with E-state index in [9.17, 15) is 0 Å². The van der Waals surface area contributed by atoms with E-state index < -0.39 is 0 Å². The van der Waals surface area contributed by atoms with Gasteiger partial charge in [-0.25, -0.2) is 4.98 Å². The van der Waals surface area contributed by atoms with Crippen LogP contribution >= 0.6 is 0 Å². The molecular weight excluding hydrogens is 294 g/mol. The molecule has 24 heavy (non-hydrogen) atoms. The topological polar surface area (TPSA) is 29.9 Å². The summed E-state index contributed by atoms with van der Waals surface area (Å²) in [5.74, 6) is 0.879. The van der Waals surface area contributed by atoms with Crippen LogP contribution < -0.4 is 5.32 Å². The zero-order valence-electron chi connectivity index (χ0n) is 13.4.